The Balaban J connectivity index is 2.12. The molecule has 1 rings (SSSR count). The zero-order valence-electron chi connectivity index (χ0n) is 12.8. The van der Waals surface area contributed by atoms with Crippen LogP contribution in [0, 0.1) is 0 Å². The van der Waals surface area contributed by atoms with Crippen LogP contribution < -0.4 is 14.8 Å². The van der Waals surface area contributed by atoms with Crippen LogP contribution in [0.3, 0.4) is 0 Å². The molecule has 116 valence electrons. The summed E-state index contributed by atoms with van der Waals surface area (Å²) in [5.74, 6) is 1.59. The Morgan fingerprint density at radius 3 is 2.19 bits per heavy atom. The van der Waals surface area contributed by atoms with E-state index in [1.54, 1.807) is 0 Å². The number of hydrogen-bond donors (Lipinski definition) is 1. The number of carbonyl (C=O) groups is 1. The van der Waals surface area contributed by atoms with Gasteiger partial charge < -0.3 is 14.8 Å². The lowest BCUT2D eigenvalue weighted by Crippen LogP contribution is -2.22. The van der Waals surface area contributed by atoms with Crippen LogP contribution in [0.25, 0.3) is 0 Å². The summed E-state index contributed by atoms with van der Waals surface area (Å²) >= 11 is 0. The first-order valence-electron chi connectivity index (χ1n) is 7.52. The van der Waals surface area contributed by atoms with Crippen molar-refractivity contribution < 1.29 is 14.3 Å². The number of carbonyl (C=O) groups excluding carboxylic acids is 1. The van der Waals surface area contributed by atoms with E-state index in [2.05, 4.69) is 18.8 Å². The number of unbranched alkanes of at least 4 members (excludes halogenated alkanes) is 2. The first-order chi connectivity index (χ1) is 10.3. The average Bonchev–Trinajstić information content (AvgIpc) is 2.52. The monoisotopic (exact) mass is 291 g/mol. The van der Waals surface area contributed by atoms with Crippen LogP contribution in [0.1, 0.15) is 32.6 Å². The first-order valence-corrected chi connectivity index (χ1v) is 7.52. The molecule has 1 aromatic rings. The second kappa shape index (κ2) is 10.8. The molecule has 0 aliphatic heterocycles. The second-order valence-electron chi connectivity index (χ2n) is 4.72. The van der Waals surface area contributed by atoms with Gasteiger partial charge in [-0.1, -0.05) is 19.9 Å². The Morgan fingerprint density at radius 1 is 1.10 bits per heavy atom. The van der Waals surface area contributed by atoms with E-state index in [0.717, 1.165) is 43.8 Å². The van der Waals surface area contributed by atoms with Crippen LogP contribution in [-0.4, -0.2) is 25.7 Å². The SMILES string of the molecule is C=CC(=O)NCCCCOc1ccc(OCCCC)cc1. The lowest BCUT2D eigenvalue weighted by molar-refractivity contribution is -0.116. The highest BCUT2D eigenvalue weighted by Gasteiger charge is 1.97. The molecule has 0 unspecified atom stereocenters. The van der Waals surface area contributed by atoms with Gasteiger partial charge in [0, 0.05) is 6.54 Å². The smallest absolute Gasteiger partial charge is 0.243 e. The third-order valence-corrected chi connectivity index (χ3v) is 2.91. The molecule has 21 heavy (non-hydrogen) atoms. The van der Waals surface area contributed by atoms with E-state index in [-0.39, 0.29) is 5.91 Å². The summed E-state index contributed by atoms with van der Waals surface area (Å²) in [5.41, 5.74) is 0. The molecule has 0 aliphatic carbocycles. The third-order valence-electron chi connectivity index (χ3n) is 2.91. The quantitative estimate of drug-likeness (QED) is 0.502. The second-order valence-corrected chi connectivity index (χ2v) is 4.72. The minimum absolute atomic E-state index is 0.130. The van der Waals surface area contributed by atoms with Crippen molar-refractivity contribution in [2.24, 2.45) is 0 Å². The Morgan fingerprint density at radius 2 is 1.67 bits per heavy atom. The molecule has 4 heteroatoms. The fourth-order valence-corrected chi connectivity index (χ4v) is 1.67. The van der Waals surface area contributed by atoms with Gasteiger partial charge in [-0.25, -0.2) is 0 Å². The minimum atomic E-state index is -0.130. The highest BCUT2D eigenvalue weighted by molar-refractivity contribution is 5.86. The predicted octanol–water partition coefficient (Wildman–Crippen LogP) is 3.33. The third kappa shape index (κ3) is 8.02. The van der Waals surface area contributed by atoms with Gasteiger partial charge in [0.1, 0.15) is 11.5 Å². The molecule has 1 N–H and O–H groups in total. The molecule has 0 bridgehead atoms. The van der Waals surface area contributed by atoms with Crippen LogP contribution in [0.15, 0.2) is 36.9 Å². The number of nitrogens with one attached hydrogen (secondary N) is 1. The molecule has 0 fully saturated rings. The molecule has 0 aromatic heterocycles. The number of amides is 1. The van der Waals surface area contributed by atoms with E-state index in [1.807, 2.05) is 24.3 Å². The number of rotatable bonds is 11. The summed E-state index contributed by atoms with van der Waals surface area (Å²) in [5, 5.41) is 2.73. The van der Waals surface area contributed by atoms with E-state index in [9.17, 15) is 4.79 Å². The van der Waals surface area contributed by atoms with Crippen molar-refractivity contribution in [2.45, 2.75) is 32.6 Å². The van der Waals surface area contributed by atoms with Crippen molar-refractivity contribution in [3.05, 3.63) is 36.9 Å². The van der Waals surface area contributed by atoms with Gasteiger partial charge in [0.2, 0.25) is 5.91 Å². The Bertz CT molecular complexity index is 415. The maximum atomic E-state index is 10.9. The van der Waals surface area contributed by atoms with E-state index in [0.29, 0.717) is 13.2 Å². The Hall–Kier alpha value is -1.97. The summed E-state index contributed by atoms with van der Waals surface area (Å²) in [4.78, 5) is 10.9. The Kier molecular flexibility index (Phi) is 8.76. The van der Waals surface area contributed by atoms with Crippen molar-refractivity contribution in [1.29, 1.82) is 0 Å². The summed E-state index contributed by atoms with van der Waals surface area (Å²) in [6.45, 7) is 7.59. The average molecular weight is 291 g/mol. The summed E-state index contributed by atoms with van der Waals surface area (Å²) in [6, 6.07) is 7.69. The van der Waals surface area contributed by atoms with Gasteiger partial charge in [-0.2, -0.15) is 0 Å². The van der Waals surface area contributed by atoms with Crippen LogP contribution in [0.5, 0.6) is 11.5 Å². The van der Waals surface area contributed by atoms with Crippen molar-refractivity contribution in [2.75, 3.05) is 19.8 Å². The van der Waals surface area contributed by atoms with E-state index in [1.165, 1.54) is 6.08 Å². The predicted molar refractivity (Wildman–Crippen MR) is 84.8 cm³/mol. The molecule has 0 atom stereocenters. The minimum Gasteiger partial charge on any atom is -0.494 e. The number of hydrogen-bond acceptors (Lipinski definition) is 3. The highest BCUT2D eigenvalue weighted by Crippen LogP contribution is 2.18. The van der Waals surface area contributed by atoms with E-state index >= 15 is 0 Å². The molecule has 0 heterocycles. The van der Waals surface area contributed by atoms with Gasteiger partial charge in [0.05, 0.1) is 13.2 Å². The van der Waals surface area contributed by atoms with Crippen molar-refractivity contribution in [3.8, 4) is 11.5 Å². The molecule has 1 aromatic carbocycles. The van der Waals surface area contributed by atoms with Crippen LogP contribution in [-0.2, 0) is 4.79 Å². The summed E-state index contributed by atoms with van der Waals surface area (Å²) < 4.78 is 11.2. The first kappa shape index (κ1) is 17.1. The summed E-state index contributed by atoms with van der Waals surface area (Å²) in [6.07, 6.45) is 5.26. The fourth-order valence-electron chi connectivity index (χ4n) is 1.67. The molecule has 0 spiro atoms. The topological polar surface area (TPSA) is 47.6 Å². The van der Waals surface area contributed by atoms with Crippen LogP contribution in [0.4, 0.5) is 0 Å². The van der Waals surface area contributed by atoms with Crippen molar-refractivity contribution in [1.82, 2.24) is 5.32 Å². The van der Waals surface area contributed by atoms with Gasteiger partial charge >= 0.3 is 0 Å². The molecule has 4 nitrogen and oxygen atoms in total. The van der Waals surface area contributed by atoms with Crippen molar-refractivity contribution >= 4 is 5.91 Å². The Labute approximate surface area is 127 Å². The van der Waals surface area contributed by atoms with Gasteiger partial charge in [-0.15, -0.1) is 0 Å². The number of benzene rings is 1. The molecule has 0 aliphatic rings. The van der Waals surface area contributed by atoms with Crippen LogP contribution in [0.2, 0.25) is 0 Å². The zero-order valence-corrected chi connectivity index (χ0v) is 12.8. The fraction of sp³-hybridized carbons (Fsp3) is 0.471. The lowest BCUT2D eigenvalue weighted by atomic mass is 10.3. The molecule has 0 saturated carbocycles. The zero-order chi connectivity index (χ0) is 15.3. The lowest BCUT2D eigenvalue weighted by Gasteiger charge is -2.08. The maximum Gasteiger partial charge on any atom is 0.243 e. The molecule has 1 amide bonds. The molecular weight excluding hydrogens is 266 g/mol. The largest absolute Gasteiger partial charge is 0.494 e. The molecular formula is C17H25NO3. The normalized spacial score (nSPS) is 9.95. The highest BCUT2D eigenvalue weighted by atomic mass is 16.5. The van der Waals surface area contributed by atoms with E-state index in [4.69, 9.17) is 9.47 Å². The standard InChI is InChI=1S/C17H25NO3/c1-3-5-13-20-15-8-10-16(11-9-15)21-14-7-6-12-18-17(19)4-2/h4,8-11H,2-3,5-7,12-14H2,1H3,(H,18,19). The van der Waals surface area contributed by atoms with Crippen LogP contribution >= 0.6 is 0 Å². The van der Waals surface area contributed by atoms with Crippen molar-refractivity contribution in [3.63, 3.8) is 0 Å². The molecule has 0 saturated heterocycles. The molecule has 0 radical (unpaired) electrons. The van der Waals surface area contributed by atoms with Gasteiger partial charge in [0.15, 0.2) is 0 Å². The van der Waals surface area contributed by atoms with Gasteiger partial charge in [-0.05, 0) is 49.6 Å². The summed E-state index contributed by atoms with van der Waals surface area (Å²) in [7, 11) is 0. The number of ether oxygens (including phenoxy) is 2. The van der Waals surface area contributed by atoms with Gasteiger partial charge in [0.25, 0.3) is 0 Å². The maximum absolute atomic E-state index is 10.9. The van der Waals surface area contributed by atoms with Gasteiger partial charge in [-0.3, -0.25) is 4.79 Å². The van der Waals surface area contributed by atoms with E-state index < -0.39 is 0 Å².